The maximum atomic E-state index is 14.0. The van der Waals surface area contributed by atoms with Gasteiger partial charge in [0.2, 0.25) is 0 Å². The van der Waals surface area contributed by atoms with Crippen molar-refractivity contribution < 1.29 is 14.4 Å². The van der Waals surface area contributed by atoms with Crippen molar-refractivity contribution in [2.24, 2.45) is 0 Å². The fourth-order valence-corrected chi connectivity index (χ4v) is 18.4. The highest BCUT2D eigenvalue weighted by atomic mass is 32.1. The van der Waals surface area contributed by atoms with Crippen molar-refractivity contribution in [2.75, 3.05) is 39.3 Å². The molecule has 0 bridgehead atoms. The predicted molar refractivity (Wildman–Crippen MR) is 494 cm³/mol. The average molecular weight is 1620 g/mol. The van der Waals surface area contributed by atoms with Gasteiger partial charge < -0.3 is 14.7 Å². The van der Waals surface area contributed by atoms with Crippen molar-refractivity contribution in [1.82, 2.24) is 39.4 Å². The molecule has 12 aromatic rings. The van der Waals surface area contributed by atoms with E-state index in [2.05, 4.69) is 307 Å². The van der Waals surface area contributed by atoms with E-state index in [1.807, 2.05) is 36.7 Å². The Morgan fingerprint density at radius 3 is 0.882 bits per heavy atom. The smallest absolute Gasteiger partial charge is 0.254 e. The van der Waals surface area contributed by atoms with Crippen LogP contribution in [0.4, 0.5) is 0 Å². The van der Waals surface area contributed by atoms with Gasteiger partial charge in [-0.2, -0.15) is 0 Å². The number of rotatable bonds is 34. The van der Waals surface area contributed by atoms with E-state index in [0.29, 0.717) is 19.6 Å². The summed E-state index contributed by atoms with van der Waals surface area (Å²) in [5.74, 6) is 0.433. The molecule has 6 heterocycles. The van der Waals surface area contributed by atoms with Crippen LogP contribution in [0.25, 0.3) is 32.0 Å². The zero-order valence-electron chi connectivity index (χ0n) is 70.5. The number of aryl methyl sites for hydroxylation is 3. The number of thiophene rings is 2. The minimum absolute atomic E-state index is 0.127. The van der Waals surface area contributed by atoms with Gasteiger partial charge in [-0.1, -0.05) is 278 Å². The van der Waals surface area contributed by atoms with Gasteiger partial charge in [0.25, 0.3) is 17.7 Å². The van der Waals surface area contributed by atoms with Crippen LogP contribution in [0.3, 0.4) is 0 Å². The lowest BCUT2D eigenvalue weighted by Gasteiger charge is -2.39. The summed E-state index contributed by atoms with van der Waals surface area (Å²) >= 11 is 3.52. The van der Waals surface area contributed by atoms with Crippen LogP contribution in [-0.2, 0) is 58.5 Å². The molecule has 616 valence electrons. The Labute approximate surface area is 717 Å². The Kier molecular flexibility index (Phi) is 33.7. The van der Waals surface area contributed by atoms with Gasteiger partial charge in [-0.15, -0.1) is 22.7 Å². The van der Waals surface area contributed by atoms with Crippen LogP contribution in [0, 0.1) is 0 Å². The third-order valence-corrected chi connectivity index (χ3v) is 25.8. The number of likely N-dealkylation sites (tertiary alicyclic amines) is 3. The van der Waals surface area contributed by atoms with Crippen molar-refractivity contribution in [1.29, 1.82) is 0 Å². The van der Waals surface area contributed by atoms with Crippen LogP contribution in [-0.4, -0.2) is 114 Å². The van der Waals surface area contributed by atoms with E-state index in [-0.39, 0.29) is 35.8 Å². The topological polar surface area (TPSA) is 96.4 Å². The van der Waals surface area contributed by atoms with Gasteiger partial charge in [-0.3, -0.25) is 29.1 Å². The Bertz CT molecular complexity index is 4880. The number of carbonyl (C=O) groups excluding carboxylic acids is 3. The maximum absolute atomic E-state index is 14.0. The molecule has 3 aliphatic heterocycles. The number of aromatic nitrogens is 2. The van der Waals surface area contributed by atoms with Gasteiger partial charge in [0.15, 0.2) is 0 Å². The number of unbranched alkanes of at least 4 members (excludes halogenated alkanes) is 7. The molecule has 0 spiro atoms. The fraction of sp³-hybridized carbons (Fsp3) is 0.349. The lowest BCUT2D eigenvalue weighted by atomic mass is 9.99. The Balaban J connectivity index is 0.000000155. The summed E-state index contributed by atoms with van der Waals surface area (Å²) in [5, 5.41) is 4.23. The summed E-state index contributed by atoms with van der Waals surface area (Å²) in [6.07, 6.45) is 26.8. The molecule has 0 unspecified atom stereocenters. The molecule has 3 aliphatic rings. The average Bonchev–Trinajstić information content (AvgIpc) is 1.27. The Hall–Kier alpha value is -10.3. The van der Waals surface area contributed by atoms with Crippen molar-refractivity contribution in [2.45, 2.75) is 200 Å². The van der Waals surface area contributed by atoms with Gasteiger partial charge in [0.05, 0.1) is 0 Å². The van der Waals surface area contributed by atoms with Gasteiger partial charge in [0.1, 0.15) is 6.33 Å². The van der Waals surface area contributed by atoms with Crippen molar-refractivity contribution in [3.63, 3.8) is 0 Å². The summed E-state index contributed by atoms with van der Waals surface area (Å²) in [4.78, 5) is 66.7. The number of amides is 3. The Morgan fingerprint density at radius 1 is 0.303 bits per heavy atom. The molecule has 0 saturated carbocycles. The summed E-state index contributed by atoms with van der Waals surface area (Å²) in [7, 11) is 0. The van der Waals surface area contributed by atoms with Crippen molar-refractivity contribution in [3.05, 3.63) is 357 Å². The number of carbonyl (C=O) groups is 3. The highest BCUT2D eigenvalue weighted by Gasteiger charge is 2.33. The molecule has 3 amide bonds. The van der Waals surface area contributed by atoms with Gasteiger partial charge in [-0.05, 0) is 203 Å². The molecule has 13 heteroatoms. The molecule has 0 radical (unpaired) electrons. The van der Waals surface area contributed by atoms with Crippen LogP contribution in [0.1, 0.15) is 205 Å². The third-order valence-electron chi connectivity index (χ3n) is 24.0. The van der Waals surface area contributed by atoms with E-state index in [1.165, 1.54) is 130 Å². The number of nitrogens with zero attached hydrogens (tertiary/aromatic N) is 8. The van der Waals surface area contributed by atoms with Gasteiger partial charge in [-0.25, -0.2) is 9.97 Å². The van der Waals surface area contributed by atoms with E-state index in [9.17, 15) is 14.4 Å². The molecule has 0 N–H and O–H groups in total. The summed E-state index contributed by atoms with van der Waals surface area (Å²) in [6.45, 7) is 17.6. The molecule has 3 fully saturated rings. The third kappa shape index (κ3) is 26.4. The maximum Gasteiger partial charge on any atom is 0.254 e. The Morgan fingerprint density at radius 2 is 0.588 bits per heavy atom. The molecular weight excluding hydrogens is 1500 g/mol. The lowest BCUT2D eigenvalue weighted by molar-refractivity contribution is 0.0536. The van der Waals surface area contributed by atoms with Crippen LogP contribution in [0.5, 0.6) is 0 Å². The first kappa shape index (κ1) is 86.6. The molecule has 11 nitrogen and oxygen atoms in total. The quantitative estimate of drug-likeness (QED) is 0.0368. The molecule has 3 aromatic heterocycles. The highest BCUT2D eigenvalue weighted by Crippen LogP contribution is 2.32. The van der Waals surface area contributed by atoms with E-state index < -0.39 is 0 Å². The normalized spacial score (nSPS) is 14.3. The monoisotopic (exact) mass is 1620 g/mol. The second-order valence-electron chi connectivity index (χ2n) is 32.8. The van der Waals surface area contributed by atoms with Gasteiger partial charge >= 0.3 is 0 Å². The van der Waals surface area contributed by atoms with E-state index in [4.69, 9.17) is 0 Å². The van der Waals surface area contributed by atoms with Crippen LogP contribution in [0.15, 0.2) is 290 Å². The second kappa shape index (κ2) is 46.4. The number of hydrogen-bond acceptors (Lipinski definition) is 10. The zero-order chi connectivity index (χ0) is 82.0. The summed E-state index contributed by atoms with van der Waals surface area (Å²) in [5.41, 5.74) is 18.5. The van der Waals surface area contributed by atoms with E-state index in [0.717, 1.165) is 150 Å². The zero-order valence-corrected chi connectivity index (χ0v) is 72.1. The SMILES string of the molecule is CCCCCCc1ccc(C(=O)N(Cc2ccc(-c3cccs3)cc2)C2CCN(Cc3ccccc3)CC2)cc1.CCCCCc1ccc(C(=O)N(Cc2ccc(-c3cccs3)cc2)C2CCN(Cc3ccccc3)CC2)cc1.CCCCCc1ccc(C(=O)N(Cc2ccc(-c3cncnc3)cc2)C2CCN(Cc3ccccc3)CC2)cc1. The molecule has 0 atom stereocenters. The summed E-state index contributed by atoms with van der Waals surface area (Å²) in [6, 6.07) is 92.4. The first-order valence-corrected chi connectivity index (χ1v) is 45.9. The molecule has 15 rings (SSSR count). The molecule has 3 saturated heterocycles. The fourth-order valence-electron chi connectivity index (χ4n) is 16.9. The minimum atomic E-state index is 0.127. The number of benzene rings is 9. The number of hydrogen-bond donors (Lipinski definition) is 0. The van der Waals surface area contributed by atoms with E-state index >= 15 is 0 Å². The summed E-state index contributed by atoms with van der Waals surface area (Å²) < 4.78 is 0. The molecular formula is C106H122N8O3S2. The van der Waals surface area contributed by atoms with Gasteiger partial charge in [0, 0.05) is 141 Å². The predicted octanol–water partition coefficient (Wildman–Crippen LogP) is 24.5. The first-order valence-electron chi connectivity index (χ1n) is 44.2. The first-order chi connectivity index (χ1) is 58.6. The lowest BCUT2D eigenvalue weighted by Crippen LogP contribution is -2.46. The molecule has 0 aliphatic carbocycles. The van der Waals surface area contributed by atoms with E-state index in [1.54, 1.807) is 29.0 Å². The number of piperidine rings is 3. The van der Waals surface area contributed by atoms with Crippen LogP contribution in [0.2, 0.25) is 0 Å². The standard InChI is InChI=1S/C36H42N2OS.C35H40N4O.C35H40N2OS/c1-2-3-4-6-10-29-14-20-33(21-15-29)36(39)38(28-31-16-18-32(19-17-31)35-13-9-26-40-35)34-22-24-37(25-23-34)27-30-11-7-5-8-12-30;1-2-3-5-8-28-11-17-32(18-12-28)35(40)39(26-30-13-15-31(16-14-30)33-23-36-27-37-24-33)34-19-21-38(22-20-34)25-29-9-6-4-7-10-29;1-2-3-5-9-28-13-19-32(20-14-28)35(38)37(27-30-15-17-31(18-16-30)34-12-8-25-39-34)33-21-23-36(24-22-33)26-29-10-6-4-7-11-29/h5,7-9,11-21,26,34H,2-4,6,10,22-25,27-28H2,1H3;4,6-7,9-18,23-24,27,34H,2-3,5,8,19-22,25-26H2,1H3;4,6-8,10-20,25,33H,2-3,5,9,21-24,26-27H2,1H3. The van der Waals surface area contributed by atoms with Crippen molar-refractivity contribution >= 4 is 40.4 Å². The molecule has 9 aromatic carbocycles. The second-order valence-corrected chi connectivity index (χ2v) is 34.7. The highest BCUT2D eigenvalue weighted by molar-refractivity contribution is 7.13. The minimum Gasteiger partial charge on any atom is -0.331 e. The molecule has 119 heavy (non-hydrogen) atoms. The largest absolute Gasteiger partial charge is 0.331 e. The van der Waals surface area contributed by atoms with Crippen LogP contribution < -0.4 is 0 Å². The van der Waals surface area contributed by atoms with Crippen LogP contribution >= 0.6 is 22.7 Å². The van der Waals surface area contributed by atoms with Crippen molar-refractivity contribution in [3.8, 4) is 32.0 Å².